The molecule has 7 nitrogen and oxygen atoms in total. The van der Waals surface area contributed by atoms with Crippen LogP contribution in [0.15, 0.2) is 48.5 Å². The van der Waals surface area contributed by atoms with Crippen LogP contribution < -0.4 is 9.62 Å². The van der Waals surface area contributed by atoms with Gasteiger partial charge in [-0.05, 0) is 70.2 Å². The number of benzene rings is 2. The van der Waals surface area contributed by atoms with Crippen molar-refractivity contribution in [2.45, 2.75) is 71.9 Å². The molecule has 0 fully saturated rings. The molecule has 0 aromatic heterocycles. The molecule has 0 aliphatic heterocycles. The number of carbonyl (C=O) groups is 2. The molecule has 0 saturated carbocycles. The summed E-state index contributed by atoms with van der Waals surface area (Å²) in [4.78, 5) is 28.2. The lowest BCUT2D eigenvalue weighted by Crippen LogP contribution is -2.54. The molecule has 2 aromatic rings. The first-order valence-electron chi connectivity index (χ1n) is 12.6. The van der Waals surface area contributed by atoms with Crippen molar-refractivity contribution in [3.63, 3.8) is 0 Å². The summed E-state index contributed by atoms with van der Waals surface area (Å²) in [5.74, 6) is -0.369. The normalized spacial score (nSPS) is 12.6. The molecule has 0 radical (unpaired) electrons. The topological polar surface area (TPSA) is 86.8 Å². The predicted octanol–water partition coefficient (Wildman–Crippen LogP) is 4.96. The van der Waals surface area contributed by atoms with Crippen molar-refractivity contribution in [2.24, 2.45) is 0 Å². The Balaban J connectivity index is 2.21. The van der Waals surface area contributed by atoms with Crippen molar-refractivity contribution in [1.29, 1.82) is 0 Å². The number of rotatable bonds is 12. The molecule has 1 atom stereocenters. The summed E-state index contributed by atoms with van der Waals surface area (Å²) in [5.41, 5.74) is 1.92. The molecule has 0 aliphatic carbocycles. The maximum Gasteiger partial charge on any atom is 0.243 e. The number of hydrogen-bond donors (Lipinski definition) is 1. The van der Waals surface area contributed by atoms with Crippen LogP contribution in [-0.4, -0.2) is 56.1 Å². The highest BCUT2D eigenvalue weighted by molar-refractivity contribution is 7.92. The molecule has 2 aromatic carbocycles. The first kappa shape index (κ1) is 30.6. The highest BCUT2D eigenvalue weighted by Gasteiger charge is 2.30. The number of sulfonamides is 1. The smallest absolute Gasteiger partial charge is 0.243 e. The fourth-order valence-electron chi connectivity index (χ4n) is 4.18. The minimum absolute atomic E-state index is 0.111. The molecule has 0 bridgehead atoms. The van der Waals surface area contributed by atoms with Gasteiger partial charge in [0, 0.05) is 30.1 Å². The number of amides is 2. The highest BCUT2D eigenvalue weighted by Crippen LogP contribution is 2.27. The van der Waals surface area contributed by atoms with Gasteiger partial charge in [-0.3, -0.25) is 13.9 Å². The summed E-state index contributed by atoms with van der Waals surface area (Å²) in [6, 6.07) is 14.3. The van der Waals surface area contributed by atoms with Gasteiger partial charge >= 0.3 is 0 Å². The fraction of sp³-hybridized carbons (Fsp3) is 0.500. The molecule has 9 heteroatoms. The molecule has 2 amide bonds. The third kappa shape index (κ3) is 9.67. The Labute approximate surface area is 227 Å². The molecule has 204 valence electrons. The summed E-state index contributed by atoms with van der Waals surface area (Å²) in [6.45, 7) is 9.95. The molecule has 37 heavy (non-hydrogen) atoms. The average molecular weight is 550 g/mol. The second kappa shape index (κ2) is 13.3. The lowest BCUT2D eigenvalue weighted by atomic mass is 10.0. The molecule has 0 unspecified atom stereocenters. The van der Waals surface area contributed by atoms with Crippen molar-refractivity contribution >= 4 is 39.1 Å². The largest absolute Gasteiger partial charge is 0.350 e. The van der Waals surface area contributed by atoms with Crippen LogP contribution in [0, 0.1) is 6.92 Å². The van der Waals surface area contributed by atoms with Crippen LogP contribution in [0.4, 0.5) is 5.69 Å². The Morgan fingerprint density at radius 3 is 2.27 bits per heavy atom. The number of aryl methyl sites for hydroxylation is 1. The summed E-state index contributed by atoms with van der Waals surface area (Å²) >= 11 is 6.13. The van der Waals surface area contributed by atoms with Gasteiger partial charge in [0.1, 0.15) is 6.04 Å². The lowest BCUT2D eigenvalue weighted by Gasteiger charge is -2.33. The van der Waals surface area contributed by atoms with E-state index in [1.54, 1.807) is 23.1 Å². The first-order valence-corrected chi connectivity index (χ1v) is 14.8. The van der Waals surface area contributed by atoms with Crippen LogP contribution in [0.2, 0.25) is 5.02 Å². The van der Waals surface area contributed by atoms with E-state index in [1.165, 1.54) is 4.31 Å². The van der Waals surface area contributed by atoms with E-state index in [2.05, 4.69) is 5.32 Å². The Morgan fingerprint density at radius 2 is 1.70 bits per heavy atom. The van der Waals surface area contributed by atoms with Crippen LogP contribution in [0.3, 0.4) is 0 Å². The van der Waals surface area contributed by atoms with Crippen LogP contribution >= 0.6 is 11.6 Å². The van der Waals surface area contributed by atoms with Crippen molar-refractivity contribution < 1.29 is 18.0 Å². The first-order chi connectivity index (χ1) is 17.2. The number of anilines is 1. The van der Waals surface area contributed by atoms with Crippen LogP contribution in [0.5, 0.6) is 0 Å². The summed E-state index contributed by atoms with van der Waals surface area (Å²) in [6.07, 6.45) is 2.64. The van der Waals surface area contributed by atoms with Crippen LogP contribution in [0.1, 0.15) is 58.1 Å². The van der Waals surface area contributed by atoms with Gasteiger partial charge in [0.05, 0.1) is 11.9 Å². The Hall–Kier alpha value is -2.58. The van der Waals surface area contributed by atoms with E-state index in [-0.39, 0.29) is 24.8 Å². The van der Waals surface area contributed by atoms with Gasteiger partial charge in [-0.25, -0.2) is 8.42 Å². The van der Waals surface area contributed by atoms with Gasteiger partial charge in [0.25, 0.3) is 0 Å². The quantitative estimate of drug-likeness (QED) is 0.405. The zero-order valence-electron chi connectivity index (χ0n) is 22.8. The van der Waals surface area contributed by atoms with E-state index in [9.17, 15) is 18.0 Å². The number of nitrogens with one attached hydrogen (secondary N) is 1. The van der Waals surface area contributed by atoms with Crippen molar-refractivity contribution in [3.05, 3.63) is 64.7 Å². The molecule has 0 aliphatic rings. The standard InChI is InChI=1S/C28H40ClN3O4S/c1-7-24(27(34)30-28(3,4)5)31(19-17-22-12-9-8-10-13-22)26(33)14-11-18-32(37(6,35)36)25-20-23(29)16-15-21(25)2/h8-10,12-13,15-16,20,24H,7,11,14,17-19H2,1-6H3,(H,30,34)/t24-/m0/s1. The van der Waals surface area contributed by atoms with Gasteiger partial charge < -0.3 is 10.2 Å². The SMILES string of the molecule is CC[C@@H](C(=O)NC(C)(C)C)N(CCc1ccccc1)C(=O)CCCN(c1cc(Cl)ccc1C)S(C)(=O)=O. The molecule has 0 spiro atoms. The minimum Gasteiger partial charge on any atom is -0.350 e. The molecular formula is C28H40ClN3O4S. The summed E-state index contributed by atoms with van der Waals surface area (Å²) < 4.78 is 26.4. The lowest BCUT2D eigenvalue weighted by molar-refractivity contribution is -0.141. The fourth-order valence-corrected chi connectivity index (χ4v) is 5.36. The zero-order chi connectivity index (χ0) is 27.8. The van der Waals surface area contributed by atoms with Crippen molar-refractivity contribution in [3.8, 4) is 0 Å². The monoisotopic (exact) mass is 549 g/mol. The van der Waals surface area contributed by atoms with Crippen LogP contribution in [0.25, 0.3) is 0 Å². The molecule has 0 heterocycles. The second-order valence-electron chi connectivity index (χ2n) is 10.4. The van der Waals surface area contributed by atoms with E-state index < -0.39 is 21.6 Å². The van der Waals surface area contributed by atoms with Gasteiger partial charge in [-0.15, -0.1) is 0 Å². The van der Waals surface area contributed by atoms with E-state index >= 15 is 0 Å². The molecule has 1 N–H and O–H groups in total. The molecular weight excluding hydrogens is 510 g/mol. The predicted molar refractivity (Wildman–Crippen MR) is 151 cm³/mol. The zero-order valence-corrected chi connectivity index (χ0v) is 24.3. The number of hydrogen-bond acceptors (Lipinski definition) is 4. The number of nitrogens with zero attached hydrogens (tertiary/aromatic N) is 2. The summed E-state index contributed by atoms with van der Waals surface area (Å²) in [7, 11) is -3.59. The van der Waals surface area contributed by atoms with E-state index in [0.29, 0.717) is 36.5 Å². The Kier molecular flexibility index (Phi) is 11.0. The van der Waals surface area contributed by atoms with Gasteiger partial charge in [-0.1, -0.05) is 54.9 Å². The number of halogens is 1. The third-order valence-electron chi connectivity index (χ3n) is 5.96. The van der Waals surface area contributed by atoms with Gasteiger partial charge in [-0.2, -0.15) is 0 Å². The van der Waals surface area contributed by atoms with Gasteiger partial charge in [0.2, 0.25) is 21.8 Å². The van der Waals surface area contributed by atoms with Crippen molar-refractivity contribution in [2.75, 3.05) is 23.7 Å². The average Bonchev–Trinajstić information content (AvgIpc) is 2.79. The van der Waals surface area contributed by atoms with Crippen molar-refractivity contribution in [1.82, 2.24) is 10.2 Å². The highest BCUT2D eigenvalue weighted by atomic mass is 35.5. The van der Waals surface area contributed by atoms with E-state index in [1.807, 2.05) is 65.0 Å². The minimum atomic E-state index is -3.59. The molecule has 0 saturated heterocycles. The second-order valence-corrected chi connectivity index (χ2v) is 12.7. The maximum atomic E-state index is 13.5. The Bertz CT molecular complexity index is 1160. The van der Waals surface area contributed by atoms with Crippen LogP contribution in [-0.2, 0) is 26.0 Å². The number of carbonyl (C=O) groups excluding carboxylic acids is 2. The summed E-state index contributed by atoms with van der Waals surface area (Å²) in [5, 5.41) is 3.44. The van der Waals surface area contributed by atoms with E-state index in [0.717, 1.165) is 17.4 Å². The van der Waals surface area contributed by atoms with Gasteiger partial charge in [0.15, 0.2) is 0 Å². The van der Waals surface area contributed by atoms with E-state index in [4.69, 9.17) is 11.6 Å². The third-order valence-corrected chi connectivity index (χ3v) is 7.38. The molecule has 2 rings (SSSR count). The Morgan fingerprint density at radius 1 is 1.05 bits per heavy atom. The maximum absolute atomic E-state index is 13.5.